The lowest BCUT2D eigenvalue weighted by Gasteiger charge is -2.32. The van der Waals surface area contributed by atoms with Crippen molar-refractivity contribution in [3.63, 3.8) is 0 Å². The van der Waals surface area contributed by atoms with Gasteiger partial charge in [-0.2, -0.15) is 0 Å². The van der Waals surface area contributed by atoms with E-state index >= 15 is 0 Å². The van der Waals surface area contributed by atoms with Crippen LogP contribution in [0.3, 0.4) is 0 Å². The van der Waals surface area contributed by atoms with E-state index in [4.69, 9.17) is 23.2 Å². The molecule has 2 heterocycles. The van der Waals surface area contributed by atoms with Gasteiger partial charge in [-0.05, 0) is 39.8 Å². The molecule has 1 saturated heterocycles. The summed E-state index contributed by atoms with van der Waals surface area (Å²) in [7, 11) is 0.783. The first-order valence-electron chi connectivity index (χ1n) is 7.44. The van der Waals surface area contributed by atoms with Gasteiger partial charge in [-0.3, -0.25) is 0 Å². The Morgan fingerprint density at radius 2 is 1.83 bits per heavy atom. The third-order valence-electron chi connectivity index (χ3n) is 4.50. The summed E-state index contributed by atoms with van der Waals surface area (Å²) in [5, 5.41) is 0.520. The second kappa shape index (κ2) is 5.51. The number of benzene rings is 1. The van der Waals surface area contributed by atoms with Crippen molar-refractivity contribution in [3.05, 3.63) is 24.2 Å². The molecular weight excluding hydrogens is 302 g/mol. The van der Waals surface area contributed by atoms with Crippen molar-refractivity contribution in [1.29, 1.82) is 0 Å². The summed E-state index contributed by atoms with van der Waals surface area (Å²) in [6, 6.07) is 2.98. The van der Waals surface area contributed by atoms with Crippen LogP contribution in [-0.4, -0.2) is 32.2 Å². The second-order valence-corrected chi connectivity index (χ2v) is 6.58. The molecule has 0 spiro atoms. The van der Waals surface area contributed by atoms with Gasteiger partial charge in [-0.25, -0.2) is 4.39 Å². The summed E-state index contributed by atoms with van der Waals surface area (Å²) >= 11 is 0. The van der Waals surface area contributed by atoms with Gasteiger partial charge in [0.1, 0.15) is 5.75 Å². The molecular formula is C16H20BFO5. The lowest BCUT2D eigenvalue weighted by atomic mass is 9.77. The van der Waals surface area contributed by atoms with E-state index in [9.17, 15) is 4.39 Å². The quantitative estimate of drug-likeness (QED) is 0.640. The highest BCUT2D eigenvalue weighted by Gasteiger charge is 2.52. The fourth-order valence-corrected chi connectivity index (χ4v) is 2.52. The minimum atomic E-state index is -0.736. The van der Waals surface area contributed by atoms with E-state index in [1.807, 2.05) is 27.7 Å². The highest BCUT2D eigenvalue weighted by molar-refractivity contribution is 6.63. The van der Waals surface area contributed by atoms with Gasteiger partial charge < -0.3 is 23.2 Å². The van der Waals surface area contributed by atoms with Gasteiger partial charge in [0.2, 0.25) is 0 Å². The highest BCUT2D eigenvalue weighted by Crippen LogP contribution is 2.38. The predicted molar refractivity (Wildman–Crippen MR) is 84.4 cm³/mol. The number of ether oxygens (including phenoxy) is 2. The van der Waals surface area contributed by atoms with Crippen molar-refractivity contribution >= 4 is 23.6 Å². The molecule has 3 rings (SSSR count). The third kappa shape index (κ3) is 2.63. The molecule has 1 aromatic carbocycles. The Labute approximate surface area is 134 Å². The summed E-state index contributed by atoms with van der Waals surface area (Å²) in [6.07, 6.45) is 1.42. The van der Waals surface area contributed by atoms with Crippen molar-refractivity contribution in [2.75, 3.05) is 13.9 Å². The van der Waals surface area contributed by atoms with Gasteiger partial charge in [-0.1, -0.05) is 0 Å². The monoisotopic (exact) mass is 322 g/mol. The van der Waals surface area contributed by atoms with E-state index in [1.54, 1.807) is 6.07 Å². The van der Waals surface area contributed by atoms with Gasteiger partial charge in [0, 0.05) is 12.6 Å². The van der Waals surface area contributed by atoms with Crippen molar-refractivity contribution in [1.82, 2.24) is 0 Å². The van der Waals surface area contributed by atoms with Gasteiger partial charge in [-0.15, -0.1) is 0 Å². The summed E-state index contributed by atoms with van der Waals surface area (Å²) in [5.74, 6) is -0.0463. The highest BCUT2D eigenvalue weighted by atomic mass is 19.1. The first kappa shape index (κ1) is 16.3. The lowest BCUT2D eigenvalue weighted by Crippen LogP contribution is -2.41. The minimum absolute atomic E-state index is 0.0262. The molecule has 1 aromatic heterocycles. The molecule has 1 aliphatic rings. The van der Waals surface area contributed by atoms with Gasteiger partial charge in [0.25, 0.3) is 0 Å². The number of rotatable bonds is 4. The molecule has 7 heteroatoms. The first-order valence-corrected chi connectivity index (χ1v) is 7.44. The summed E-state index contributed by atoms with van der Waals surface area (Å²) in [6.45, 7) is 7.79. The molecule has 0 radical (unpaired) electrons. The van der Waals surface area contributed by atoms with Crippen molar-refractivity contribution in [3.8, 4) is 5.75 Å². The van der Waals surface area contributed by atoms with Crippen LogP contribution in [0.1, 0.15) is 27.7 Å². The number of furan rings is 1. The molecule has 0 atom stereocenters. The predicted octanol–water partition coefficient (Wildman–Crippen LogP) is 2.85. The molecule has 5 nitrogen and oxygen atoms in total. The van der Waals surface area contributed by atoms with Crippen LogP contribution >= 0.6 is 0 Å². The maximum atomic E-state index is 14.3. The van der Waals surface area contributed by atoms with Crippen molar-refractivity contribution < 1.29 is 27.6 Å². The molecule has 0 amide bonds. The zero-order valence-electron chi connectivity index (χ0n) is 13.9. The summed E-state index contributed by atoms with van der Waals surface area (Å²) in [4.78, 5) is 0. The van der Waals surface area contributed by atoms with E-state index in [1.165, 1.54) is 19.4 Å². The van der Waals surface area contributed by atoms with Crippen molar-refractivity contribution in [2.24, 2.45) is 0 Å². The largest absolute Gasteiger partial charge is 0.498 e. The molecule has 1 fully saturated rings. The number of methoxy groups -OCH3 is 1. The topological polar surface area (TPSA) is 50.1 Å². The zero-order chi connectivity index (χ0) is 16.8. The Kier molecular flexibility index (Phi) is 3.90. The molecule has 0 N–H and O–H groups in total. The SMILES string of the molecule is COCOc1c(B2OC(C)(C)C(C)(C)O2)cc(F)c2occc12. The fraction of sp³-hybridized carbons (Fsp3) is 0.500. The smallest absolute Gasteiger partial charge is 0.467 e. The fourth-order valence-electron chi connectivity index (χ4n) is 2.52. The van der Waals surface area contributed by atoms with Crippen LogP contribution in [-0.2, 0) is 14.0 Å². The van der Waals surface area contributed by atoms with Crippen LogP contribution in [0.5, 0.6) is 5.75 Å². The van der Waals surface area contributed by atoms with Crippen LogP contribution in [0.2, 0.25) is 0 Å². The standard InChI is InChI=1S/C16H20BFO5/c1-15(2)16(3,4)23-17(22-15)11-8-12(18)14-10(6-7-20-14)13(11)21-9-19-5/h6-8H,9H2,1-5H3. The molecule has 23 heavy (non-hydrogen) atoms. The normalized spacial score (nSPS) is 19.5. The second-order valence-electron chi connectivity index (χ2n) is 6.58. The Hall–Kier alpha value is -1.57. The van der Waals surface area contributed by atoms with E-state index in [2.05, 4.69) is 0 Å². The third-order valence-corrected chi connectivity index (χ3v) is 4.50. The van der Waals surface area contributed by atoms with E-state index in [0.29, 0.717) is 16.6 Å². The number of hydrogen-bond acceptors (Lipinski definition) is 5. The Morgan fingerprint density at radius 1 is 1.17 bits per heavy atom. The summed E-state index contributed by atoms with van der Waals surface area (Å²) < 4.78 is 42.2. The maximum absolute atomic E-state index is 14.3. The van der Waals surface area contributed by atoms with Crippen molar-refractivity contribution in [2.45, 2.75) is 38.9 Å². The molecule has 0 saturated carbocycles. The van der Waals surface area contributed by atoms with Crippen LogP contribution < -0.4 is 10.2 Å². The molecule has 0 unspecified atom stereocenters. The van der Waals surface area contributed by atoms with E-state index < -0.39 is 24.1 Å². The average Bonchev–Trinajstić information content (AvgIpc) is 3.01. The minimum Gasteiger partial charge on any atom is -0.467 e. The Balaban J connectivity index is 2.10. The number of fused-ring (bicyclic) bond motifs is 1. The zero-order valence-corrected chi connectivity index (χ0v) is 13.9. The van der Waals surface area contributed by atoms with Crippen LogP contribution in [0.4, 0.5) is 4.39 Å². The molecule has 2 aromatic rings. The first-order chi connectivity index (χ1) is 10.8. The van der Waals surface area contributed by atoms with Gasteiger partial charge >= 0.3 is 7.12 Å². The van der Waals surface area contributed by atoms with Crippen LogP contribution in [0, 0.1) is 5.82 Å². The molecule has 1 aliphatic heterocycles. The average molecular weight is 322 g/mol. The summed E-state index contributed by atoms with van der Waals surface area (Å²) in [5.41, 5.74) is -0.445. The molecule has 0 aliphatic carbocycles. The molecule has 124 valence electrons. The lowest BCUT2D eigenvalue weighted by molar-refractivity contribution is 0.00578. The van der Waals surface area contributed by atoms with Crippen LogP contribution in [0.15, 0.2) is 22.8 Å². The maximum Gasteiger partial charge on any atom is 0.498 e. The van der Waals surface area contributed by atoms with E-state index in [-0.39, 0.29) is 12.4 Å². The van der Waals surface area contributed by atoms with E-state index in [0.717, 1.165) is 0 Å². The van der Waals surface area contributed by atoms with Crippen LogP contribution in [0.25, 0.3) is 11.0 Å². The Morgan fingerprint density at radius 3 is 2.43 bits per heavy atom. The number of halogens is 1. The van der Waals surface area contributed by atoms with Gasteiger partial charge in [0.05, 0.1) is 22.9 Å². The van der Waals surface area contributed by atoms with Gasteiger partial charge in [0.15, 0.2) is 18.2 Å². The Bertz CT molecular complexity index is 709. The molecule has 0 bridgehead atoms. The number of hydrogen-bond donors (Lipinski definition) is 0.